The number of ketones is 1. The number of rotatable bonds is 14. The van der Waals surface area contributed by atoms with Gasteiger partial charge in [-0.25, -0.2) is 0 Å². The molecule has 5 atom stereocenters. The molecule has 2 aromatic heterocycles. The van der Waals surface area contributed by atoms with Gasteiger partial charge in [0.25, 0.3) is 0 Å². The van der Waals surface area contributed by atoms with Gasteiger partial charge in [0, 0.05) is 12.0 Å². The summed E-state index contributed by atoms with van der Waals surface area (Å²) in [6.45, 7) is 21.3. The van der Waals surface area contributed by atoms with Crippen molar-refractivity contribution in [2.45, 2.75) is 127 Å². The van der Waals surface area contributed by atoms with Crippen LogP contribution in [0, 0.1) is 37.5 Å². The zero-order valence-electron chi connectivity index (χ0n) is 37.8. The van der Waals surface area contributed by atoms with Crippen molar-refractivity contribution < 1.29 is 23.9 Å². The minimum absolute atomic E-state index is 0. The molecule has 10 heteroatoms. The van der Waals surface area contributed by atoms with Gasteiger partial charge in [-0.3, -0.25) is 14.4 Å². The van der Waals surface area contributed by atoms with Crippen LogP contribution in [0.4, 0.5) is 0 Å². The van der Waals surface area contributed by atoms with Gasteiger partial charge in [-0.2, -0.15) is 11.4 Å². The summed E-state index contributed by atoms with van der Waals surface area (Å²) in [6, 6.07) is -0.595. The zero-order valence-corrected chi connectivity index (χ0v) is 39.2. The molecule has 0 spiro atoms. The van der Waals surface area contributed by atoms with E-state index in [4.69, 9.17) is 30.1 Å². The van der Waals surface area contributed by atoms with Gasteiger partial charge in [0.2, 0.25) is 0 Å². The zero-order chi connectivity index (χ0) is 42.7. The molecule has 3 aliphatic heterocycles. The predicted octanol–water partition coefficient (Wildman–Crippen LogP) is 9.15. The second kappa shape index (κ2) is 20.1. The molecule has 0 N–H and O–H groups in total. The Bertz CT molecular complexity index is 2320. The third kappa shape index (κ3) is 9.60. The van der Waals surface area contributed by atoms with Crippen LogP contribution >= 0.6 is 0 Å². The molecule has 0 radical (unpaired) electrons. The summed E-state index contributed by atoms with van der Waals surface area (Å²) >= 11 is 0. The Hall–Kier alpha value is -4.28. The predicted molar refractivity (Wildman–Crippen MR) is 242 cm³/mol. The van der Waals surface area contributed by atoms with Crippen molar-refractivity contribution in [2.75, 3.05) is 13.7 Å². The third-order valence-electron chi connectivity index (χ3n) is 12.9. The Morgan fingerprint density at radius 3 is 2.18 bits per heavy atom. The monoisotopic (exact) mass is 822 g/mol. The number of Topliss-reactive ketones (excluding diaryl/α,β-unsaturated/α-hetero) is 1. The van der Waals surface area contributed by atoms with E-state index in [0.717, 1.165) is 72.6 Å². The Kier molecular flexibility index (Phi) is 15.6. The van der Waals surface area contributed by atoms with E-state index in [9.17, 15) is 14.4 Å². The first kappa shape index (κ1) is 46.8. The van der Waals surface area contributed by atoms with Gasteiger partial charge in [-0.05, 0) is 110 Å². The minimum atomic E-state index is -1.17. The number of carbonyl (C=O) groups excluding carboxylic acids is 3. The van der Waals surface area contributed by atoms with Gasteiger partial charge in [0.15, 0.2) is 5.78 Å². The van der Waals surface area contributed by atoms with Crippen LogP contribution in [0.2, 0.25) is 0 Å². The van der Waals surface area contributed by atoms with Gasteiger partial charge in [0.05, 0.1) is 7.11 Å². The quantitative estimate of drug-likeness (QED) is 0.0805. The summed E-state index contributed by atoms with van der Waals surface area (Å²) in [6.07, 6.45) is 18.9. The number of nitrogens with zero attached hydrogens (tertiary/aromatic N) is 4. The van der Waals surface area contributed by atoms with Gasteiger partial charge >= 0.3 is 35.0 Å². The summed E-state index contributed by atoms with van der Waals surface area (Å²) in [4.78, 5) is 51.5. The average Bonchev–Trinajstić information content (AvgIpc) is 3.94. The standard InChI is InChI=1S/C50H62N4O5.Mg/c1-12-34-30(7)37-24-39-32(9)36(20-21-43(55)59-23-22-29(6)19-15-18-28(5)17-14-16-27(3)4)47(53-39)45-46(50(57)58-11)49(56)44-33(10)40(54-48(44)45)26-42-35(13-2)31(8)38(52-42)25-41(34)51-37;/h16,18,22,24-26,31-32,36,46-47H,12-15,17,19-21,23H2,1-11H3;/q-4;+2/b28-18+,29-22+,38-25-,39-24-,40-26-;/t31-,32+,36+,46+,47+;/m1./s1. The number of esters is 2. The van der Waals surface area contributed by atoms with E-state index in [0.29, 0.717) is 33.8 Å². The van der Waals surface area contributed by atoms with Crippen molar-refractivity contribution in [3.05, 3.63) is 113 Å². The molecular weight excluding hydrogens is 761 g/mol. The molecule has 9 nitrogen and oxygen atoms in total. The normalized spacial score (nSPS) is 24.4. The molecule has 2 aromatic rings. The van der Waals surface area contributed by atoms with Crippen LogP contribution in [0.5, 0.6) is 0 Å². The van der Waals surface area contributed by atoms with Crippen LogP contribution in [0.3, 0.4) is 0 Å². The van der Waals surface area contributed by atoms with Crippen molar-refractivity contribution in [3.8, 4) is 0 Å². The molecule has 0 unspecified atom stereocenters. The van der Waals surface area contributed by atoms with Gasteiger partial charge < -0.3 is 30.1 Å². The number of ether oxygens (including phenoxy) is 2. The number of allylic oxidation sites excluding steroid dienone is 8. The topological polar surface area (TPSA) is 126 Å². The van der Waals surface area contributed by atoms with E-state index in [1.807, 2.05) is 19.1 Å². The van der Waals surface area contributed by atoms with Crippen molar-refractivity contribution in [1.82, 2.24) is 9.97 Å². The number of aromatic nitrogens is 2. The Labute approximate surface area is 373 Å². The first-order valence-corrected chi connectivity index (χ1v) is 21.5. The Balaban J connectivity index is 0.00000683. The summed E-state index contributed by atoms with van der Waals surface area (Å²) in [7, 11) is 1.31. The maximum absolute atomic E-state index is 14.3. The molecular formula is C50H62MgN4O5-2. The van der Waals surface area contributed by atoms with E-state index in [2.05, 4.69) is 86.6 Å². The fourth-order valence-corrected chi connectivity index (χ4v) is 9.24. The largest absolute Gasteiger partial charge is 2.00 e. The fraction of sp³-hybridized carbons (Fsp3) is 0.500. The van der Waals surface area contributed by atoms with Crippen molar-refractivity contribution in [1.29, 1.82) is 0 Å². The number of hydrogen-bond donors (Lipinski definition) is 0. The molecule has 1 fully saturated rings. The minimum Gasteiger partial charge on any atom is -0.681 e. The molecule has 4 aliphatic rings. The van der Waals surface area contributed by atoms with Crippen LogP contribution in [0.15, 0.2) is 57.6 Å². The van der Waals surface area contributed by atoms with E-state index < -0.39 is 17.9 Å². The summed E-state index contributed by atoms with van der Waals surface area (Å²) in [5.41, 5.74) is 13.4. The van der Waals surface area contributed by atoms with Gasteiger partial charge in [-0.15, -0.1) is 27.8 Å². The molecule has 0 amide bonds. The van der Waals surface area contributed by atoms with Gasteiger partial charge in [0.1, 0.15) is 12.5 Å². The Morgan fingerprint density at radius 1 is 0.833 bits per heavy atom. The van der Waals surface area contributed by atoms with E-state index >= 15 is 0 Å². The molecule has 1 saturated heterocycles. The molecule has 0 saturated carbocycles. The SMILES string of the molecule is CCC1=C2/C=c3\[n-]c4c(c3C)C(=O)[C@@H](C(=O)OC)C=4[C@H]3[N-]/C(=C\c4[n-]c(c(CC)c4C)/C=C(\[N-]2)[C@@H]1C)[C@@H](C)[C@@H]3CCC(=O)OC/C=C(\C)CC/C=C(\C)CCC=C(C)C.[Mg+2]. The maximum atomic E-state index is 14.3. The van der Waals surface area contributed by atoms with Crippen molar-refractivity contribution in [3.63, 3.8) is 0 Å². The molecule has 316 valence electrons. The summed E-state index contributed by atoms with van der Waals surface area (Å²) < 4.78 is 11.0. The molecule has 8 bridgehead atoms. The Morgan fingerprint density at radius 2 is 1.52 bits per heavy atom. The first-order valence-electron chi connectivity index (χ1n) is 21.5. The van der Waals surface area contributed by atoms with Crippen LogP contribution in [0.1, 0.15) is 139 Å². The van der Waals surface area contributed by atoms with E-state index in [-0.39, 0.29) is 65.6 Å². The number of hydrogen-bond acceptors (Lipinski definition) is 5. The number of carbonyl (C=O) groups is 3. The second-order valence-corrected chi connectivity index (χ2v) is 17.0. The molecule has 5 heterocycles. The average molecular weight is 823 g/mol. The molecule has 0 aromatic carbocycles. The number of fused-ring (bicyclic) bond motifs is 8. The molecule has 6 rings (SSSR count). The van der Waals surface area contributed by atoms with Crippen molar-refractivity contribution >= 4 is 64.6 Å². The smallest absolute Gasteiger partial charge is 0.681 e. The van der Waals surface area contributed by atoms with Gasteiger partial charge in [-0.1, -0.05) is 109 Å². The molecule has 60 heavy (non-hydrogen) atoms. The fourth-order valence-electron chi connectivity index (χ4n) is 9.24. The van der Waals surface area contributed by atoms with Crippen molar-refractivity contribution in [2.24, 2.45) is 23.7 Å². The van der Waals surface area contributed by atoms with E-state index in [1.165, 1.54) is 35.0 Å². The second-order valence-electron chi connectivity index (χ2n) is 17.0. The van der Waals surface area contributed by atoms with Crippen LogP contribution in [-0.2, 0) is 25.5 Å². The van der Waals surface area contributed by atoms with Crippen LogP contribution in [0.25, 0.3) is 34.4 Å². The number of methoxy groups -OCH3 is 1. The third-order valence-corrected chi connectivity index (χ3v) is 12.9. The summed E-state index contributed by atoms with van der Waals surface area (Å²) in [5.74, 6) is -2.67. The van der Waals surface area contributed by atoms with Crippen LogP contribution in [-0.4, -0.2) is 60.5 Å². The molecule has 1 aliphatic carbocycles. The van der Waals surface area contributed by atoms with E-state index in [1.54, 1.807) is 0 Å². The summed E-state index contributed by atoms with van der Waals surface area (Å²) in [5, 5.41) is 11.6. The maximum Gasteiger partial charge on any atom is 2.00 e. The van der Waals surface area contributed by atoms with Crippen LogP contribution < -0.4 is 20.7 Å². The first-order chi connectivity index (χ1) is 28.2.